The number of nitrogens with one attached hydrogen (secondary N) is 2. The smallest absolute Gasteiger partial charge is 0.220 e. The molecule has 0 bridgehead atoms. The highest BCUT2D eigenvalue weighted by Crippen LogP contribution is 2.14. The largest absolute Gasteiger partial charge is 0.356 e. The predicted molar refractivity (Wildman–Crippen MR) is 84.1 cm³/mol. The van der Waals surface area contributed by atoms with Crippen LogP contribution in [-0.2, 0) is 14.4 Å². The molecule has 5 heteroatoms. The maximum absolute atomic E-state index is 11.9. The van der Waals surface area contributed by atoms with Gasteiger partial charge in [0, 0.05) is 31.7 Å². The zero-order valence-corrected chi connectivity index (χ0v) is 13.7. The Hall–Kier alpha value is -1.23. The van der Waals surface area contributed by atoms with E-state index in [2.05, 4.69) is 10.6 Å². The van der Waals surface area contributed by atoms with Crippen LogP contribution in [0.2, 0.25) is 0 Å². The highest BCUT2D eigenvalue weighted by atomic mass is 16.2. The van der Waals surface area contributed by atoms with E-state index in [0.717, 1.165) is 32.2 Å². The van der Waals surface area contributed by atoms with Gasteiger partial charge in [0.2, 0.25) is 5.91 Å². The van der Waals surface area contributed by atoms with E-state index in [1.807, 2.05) is 14.0 Å². The summed E-state index contributed by atoms with van der Waals surface area (Å²) in [6, 6.07) is 0. The van der Waals surface area contributed by atoms with Crippen molar-refractivity contribution in [2.24, 2.45) is 5.92 Å². The van der Waals surface area contributed by atoms with E-state index in [4.69, 9.17) is 0 Å². The molecule has 1 amide bonds. The third kappa shape index (κ3) is 11.1. The molecule has 1 atom stereocenters. The van der Waals surface area contributed by atoms with Crippen molar-refractivity contribution in [2.75, 3.05) is 20.1 Å². The van der Waals surface area contributed by atoms with Crippen LogP contribution >= 0.6 is 0 Å². The van der Waals surface area contributed by atoms with E-state index in [1.54, 1.807) is 0 Å². The van der Waals surface area contributed by atoms with Crippen LogP contribution < -0.4 is 10.6 Å². The highest BCUT2D eigenvalue weighted by Gasteiger charge is 2.21. The summed E-state index contributed by atoms with van der Waals surface area (Å²) in [6.45, 7) is 5.00. The van der Waals surface area contributed by atoms with Gasteiger partial charge in [-0.25, -0.2) is 0 Å². The molecule has 0 rings (SSSR count). The fraction of sp³-hybridized carbons (Fsp3) is 0.812. The number of carbonyl (C=O) groups is 3. The quantitative estimate of drug-likeness (QED) is 0.509. The van der Waals surface area contributed by atoms with Crippen molar-refractivity contribution in [3.63, 3.8) is 0 Å². The van der Waals surface area contributed by atoms with Gasteiger partial charge in [-0.1, -0.05) is 13.3 Å². The first kappa shape index (κ1) is 19.8. The molecule has 0 saturated heterocycles. The highest BCUT2D eigenvalue weighted by molar-refractivity contribution is 5.90. The first-order valence-corrected chi connectivity index (χ1v) is 7.94. The van der Waals surface area contributed by atoms with Gasteiger partial charge in [-0.15, -0.1) is 0 Å². The molecule has 0 fully saturated rings. The maximum atomic E-state index is 11.9. The molecular weight excluding hydrogens is 268 g/mol. The summed E-state index contributed by atoms with van der Waals surface area (Å²) < 4.78 is 0. The van der Waals surface area contributed by atoms with E-state index in [1.165, 1.54) is 6.92 Å². The number of ketones is 2. The van der Waals surface area contributed by atoms with Gasteiger partial charge >= 0.3 is 0 Å². The van der Waals surface area contributed by atoms with Gasteiger partial charge in [0.05, 0.1) is 0 Å². The number of unbranched alkanes of at least 4 members (excludes halogenated alkanes) is 2. The molecule has 0 radical (unpaired) electrons. The molecule has 2 N–H and O–H groups in total. The van der Waals surface area contributed by atoms with Crippen molar-refractivity contribution in [2.45, 2.75) is 58.8 Å². The Labute approximate surface area is 128 Å². The Morgan fingerprint density at radius 3 is 2.29 bits per heavy atom. The Morgan fingerprint density at radius 2 is 1.71 bits per heavy atom. The normalized spacial score (nSPS) is 12.0. The minimum absolute atomic E-state index is 0.0785. The van der Waals surface area contributed by atoms with Gasteiger partial charge in [0.15, 0.2) is 0 Å². The summed E-state index contributed by atoms with van der Waals surface area (Å²) in [5.41, 5.74) is 0. The van der Waals surface area contributed by atoms with Crippen LogP contribution in [-0.4, -0.2) is 37.6 Å². The molecule has 0 heterocycles. The molecular formula is C16H30N2O3. The van der Waals surface area contributed by atoms with E-state index >= 15 is 0 Å². The van der Waals surface area contributed by atoms with Gasteiger partial charge in [-0.3, -0.25) is 14.4 Å². The second-order valence-corrected chi connectivity index (χ2v) is 5.52. The van der Waals surface area contributed by atoms with Crippen molar-refractivity contribution in [3.05, 3.63) is 0 Å². The SMILES string of the molecule is CCCNC(=O)CC(CC(=O)CCCCCNC)C(C)=O. The first-order valence-electron chi connectivity index (χ1n) is 7.94. The number of rotatable bonds is 13. The summed E-state index contributed by atoms with van der Waals surface area (Å²) in [5.74, 6) is -0.598. The number of carbonyl (C=O) groups excluding carboxylic acids is 3. The molecule has 21 heavy (non-hydrogen) atoms. The first-order chi connectivity index (χ1) is 10.0. The van der Waals surface area contributed by atoms with Gasteiger partial charge < -0.3 is 10.6 Å². The van der Waals surface area contributed by atoms with E-state index < -0.39 is 5.92 Å². The van der Waals surface area contributed by atoms with Crippen LogP contribution in [0.25, 0.3) is 0 Å². The van der Waals surface area contributed by atoms with Crippen LogP contribution in [0.3, 0.4) is 0 Å². The molecule has 0 aromatic carbocycles. The molecule has 0 aromatic heterocycles. The summed E-state index contributed by atoms with van der Waals surface area (Å²) in [7, 11) is 1.91. The summed E-state index contributed by atoms with van der Waals surface area (Å²) in [5, 5.41) is 5.82. The second-order valence-electron chi connectivity index (χ2n) is 5.52. The molecule has 5 nitrogen and oxygen atoms in total. The van der Waals surface area contributed by atoms with Crippen LogP contribution in [0.5, 0.6) is 0 Å². The Morgan fingerprint density at radius 1 is 1.00 bits per heavy atom. The average Bonchev–Trinajstić information content (AvgIpc) is 2.44. The van der Waals surface area contributed by atoms with Gasteiger partial charge in [0.25, 0.3) is 0 Å². The van der Waals surface area contributed by atoms with Crippen LogP contribution in [0, 0.1) is 5.92 Å². The predicted octanol–water partition coefficient (Wildman–Crippen LogP) is 1.85. The summed E-state index contributed by atoms with van der Waals surface area (Å²) in [4.78, 5) is 35.1. The van der Waals surface area contributed by atoms with Crippen LogP contribution in [0.4, 0.5) is 0 Å². The molecule has 0 aliphatic carbocycles. The monoisotopic (exact) mass is 298 g/mol. The minimum atomic E-state index is -0.466. The number of Topliss-reactive ketones (excluding diaryl/α,β-unsaturated/α-hetero) is 2. The standard InChI is InChI=1S/C16H30N2O3/c1-4-9-18-16(21)12-14(13(2)19)11-15(20)8-6-5-7-10-17-3/h14,17H,4-12H2,1-3H3,(H,18,21). The van der Waals surface area contributed by atoms with Gasteiger partial charge in [0.1, 0.15) is 11.6 Å². The fourth-order valence-corrected chi connectivity index (χ4v) is 2.10. The molecule has 0 aliphatic heterocycles. The van der Waals surface area contributed by atoms with Crippen LogP contribution in [0.1, 0.15) is 58.8 Å². The van der Waals surface area contributed by atoms with Crippen molar-refractivity contribution in [1.82, 2.24) is 10.6 Å². The second kappa shape index (κ2) is 12.5. The van der Waals surface area contributed by atoms with Crippen LogP contribution in [0.15, 0.2) is 0 Å². The zero-order valence-electron chi connectivity index (χ0n) is 13.7. The summed E-state index contributed by atoms with van der Waals surface area (Å²) >= 11 is 0. The zero-order chi connectivity index (χ0) is 16.1. The lowest BCUT2D eigenvalue weighted by atomic mass is 9.92. The fourth-order valence-electron chi connectivity index (χ4n) is 2.10. The molecule has 1 unspecified atom stereocenters. The number of amides is 1. The Balaban J connectivity index is 4.04. The Bertz CT molecular complexity index is 329. The molecule has 122 valence electrons. The maximum Gasteiger partial charge on any atom is 0.220 e. The third-order valence-corrected chi connectivity index (χ3v) is 3.44. The lowest BCUT2D eigenvalue weighted by Crippen LogP contribution is -2.29. The molecule has 0 spiro atoms. The molecule has 0 aliphatic rings. The van der Waals surface area contributed by atoms with E-state index in [-0.39, 0.29) is 30.3 Å². The lowest BCUT2D eigenvalue weighted by Gasteiger charge is -2.13. The molecule has 0 saturated carbocycles. The molecule has 0 aromatic rings. The van der Waals surface area contributed by atoms with E-state index in [0.29, 0.717) is 13.0 Å². The van der Waals surface area contributed by atoms with Crippen molar-refractivity contribution < 1.29 is 14.4 Å². The third-order valence-electron chi connectivity index (χ3n) is 3.44. The summed E-state index contributed by atoms with van der Waals surface area (Å²) in [6.07, 6.45) is 4.61. The minimum Gasteiger partial charge on any atom is -0.356 e. The van der Waals surface area contributed by atoms with Crippen molar-refractivity contribution in [3.8, 4) is 0 Å². The van der Waals surface area contributed by atoms with Gasteiger partial charge in [-0.2, -0.15) is 0 Å². The average molecular weight is 298 g/mol. The van der Waals surface area contributed by atoms with Crippen molar-refractivity contribution in [1.29, 1.82) is 0 Å². The topological polar surface area (TPSA) is 75.3 Å². The van der Waals surface area contributed by atoms with Gasteiger partial charge in [-0.05, 0) is 39.8 Å². The number of hydrogen-bond donors (Lipinski definition) is 2. The lowest BCUT2D eigenvalue weighted by molar-refractivity contribution is -0.130. The Kier molecular flexibility index (Phi) is 11.8. The van der Waals surface area contributed by atoms with E-state index in [9.17, 15) is 14.4 Å². The number of hydrogen-bond acceptors (Lipinski definition) is 4. The van der Waals surface area contributed by atoms with Crippen molar-refractivity contribution >= 4 is 17.5 Å².